The van der Waals surface area contributed by atoms with Gasteiger partial charge in [0.05, 0.1) is 12.7 Å². The number of benzene rings is 1. The van der Waals surface area contributed by atoms with Crippen molar-refractivity contribution in [2.75, 3.05) is 20.2 Å². The van der Waals surface area contributed by atoms with E-state index in [0.717, 1.165) is 37.2 Å². The summed E-state index contributed by atoms with van der Waals surface area (Å²) in [4.78, 5) is 13.4. The first kappa shape index (κ1) is 12.1. The Kier molecular flexibility index (Phi) is 4.15. The Morgan fingerprint density at radius 3 is 2.71 bits per heavy atom. The van der Waals surface area contributed by atoms with Crippen LogP contribution in [0.4, 0.5) is 0 Å². The molecule has 0 N–H and O–H groups in total. The minimum atomic E-state index is 0.641. The molecule has 3 nitrogen and oxygen atoms in total. The van der Waals surface area contributed by atoms with E-state index in [9.17, 15) is 4.79 Å². The van der Waals surface area contributed by atoms with Gasteiger partial charge in [0.1, 0.15) is 5.75 Å². The third kappa shape index (κ3) is 2.86. The number of rotatable bonds is 4. The largest absolute Gasteiger partial charge is 0.496 e. The second kappa shape index (κ2) is 5.82. The normalized spacial score (nSPS) is 16.8. The topological polar surface area (TPSA) is 29.5 Å². The number of nitrogens with zero attached hydrogens (tertiary/aromatic N) is 1. The van der Waals surface area contributed by atoms with Crippen molar-refractivity contribution in [3.05, 3.63) is 29.3 Å². The minimum absolute atomic E-state index is 0.641. The molecule has 92 valence electrons. The highest BCUT2D eigenvalue weighted by molar-refractivity contribution is 5.80. The van der Waals surface area contributed by atoms with Crippen molar-refractivity contribution in [3.8, 4) is 5.75 Å². The molecule has 1 aliphatic rings. The Morgan fingerprint density at radius 1 is 1.29 bits per heavy atom. The second-order valence-electron chi connectivity index (χ2n) is 4.49. The smallest absolute Gasteiger partial charge is 0.153 e. The molecule has 1 saturated heterocycles. The van der Waals surface area contributed by atoms with Crippen LogP contribution in [0.3, 0.4) is 0 Å². The van der Waals surface area contributed by atoms with E-state index in [1.165, 1.54) is 19.3 Å². The number of methoxy groups -OCH3 is 1. The monoisotopic (exact) mass is 233 g/mol. The Bertz CT molecular complexity index is 384. The molecule has 0 aliphatic carbocycles. The molecule has 0 atom stereocenters. The molecule has 1 aliphatic heterocycles. The van der Waals surface area contributed by atoms with Crippen LogP contribution in [0.1, 0.15) is 35.2 Å². The van der Waals surface area contributed by atoms with E-state index in [1.807, 2.05) is 12.1 Å². The van der Waals surface area contributed by atoms with Crippen molar-refractivity contribution in [3.63, 3.8) is 0 Å². The summed E-state index contributed by atoms with van der Waals surface area (Å²) in [6, 6.07) is 5.76. The molecule has 2 rings (SSSR count). The van der Waals surface area contributed by atoms with E-state index < -0.39 is 0 Å². The number of hydrogen-bond acceptors (Lipinski definition) is 3. The maximum Gasteiger partial charge on any atom is 0.153 e. The van der Waals surface area contributed by atoms with Crippen LogP contribution in [0.5, 0.6) is 5.75 Å². The highest BCUT2D eigenvalue weighted by Crippen LogP contribution is 2.24. The molecule has 3 heteroatoms. The summed E-state index contributed by atoms with van der Waals surface area (Å²) in [7, 11) is 1.63. The number of para-hydroxylation sites is 1. The SMILES string of the molecule is COc1c(C=O)cccc1CN1CCCCC1. The van der Waals surface area contributed by atoms with Gasteiger partial charge < -0.3 is 4.74 Å². The highest BCUT2D eigenvalue weighted by Gasteiger charge is 2.14. The van der Waals surface area contributed by atoms with Crippen molar-refractivity contribution in [2.45, 2.75) is 25.8 Å². The van der Waals surface area contributed by atoms with Gasteiger partial charge in [0.2, 0.25) is 0 Å². The number of likely N-dealkylation sites (tertiary alicyclic amines) is 1. The summed E-state index contributed by atoms with van der Waals surface area (Å²) in [6.45, 7) is 3.17. The summed E-state index contributed by atoms with van der Waals surface area (Å²) >= 11 is 0. The molecule has 0 saturated carbocycles. The van der Waals surface area contributed by atoms with Crippen LogP contribution in [0.15, 0.2) is 18.2 Å². The molecule has 1 fully saturated rings. The van der Waals surface area contributed by atoms with Gasteiger partial charge in [-0.3, -0.25) is 9.69 Å². The average Bonchev–Trinajstić information content (AvgIpc) is 2.39. The Balaban J connectivity index is 2.16. The van der Waals surface area contributed by atoms with Crippen molar-refractivity contribution in [1.82, 2.24) is 4.90 Å². The van der Waals surface area contributed by atoms with E-state index in [1.54, 1.807) is 13.2 Å². The van der Waals surface area contributed by atoms with Crippen molar-refractivity contribution < 1.29 is 9.53 Å². The summed E-state index contributed by atoms with van der Waals surface area (Å²) < 4.78 is 5.35. The van der Waals surface area contributed by atoms with Gasteiger partial charge in [0.15, 0.2) is 6.29 Å². The maximum atomic E-state index is 10.9. The zero-order valence-corrected chi connectivity index (χ0v) is 10.3. The molecule has 0 spiro atoms. The predicted molar refractivity (Wildman–Crippen MR) is 67.5 cm³/mol. The lowest BCUT2D eigenvalue weighted by atomic mass is 10.1. The molecular formula is C14H19NO2. The van der Waals surface area contributed by atoms with Gasteiger partial charge >= 0.3 is 0 Å². The lowest BCUT2D eigenvalue weighted by molar-refractivity contribution is 0.112. The van der Waals surface area contributed by atoms with Crippen LogP contribution in [0.25, 0.3) is 0 Å². The van der Waals surface area contributed by atoms with E-state index in [2.05, 4.69) is 4.90 Å². The standard InChI is InChI=1S/C14H19NO2/c1-17-14-12(6-5-7-13(14)11-16)10-15-8-3-2-4-9-15/h5-7,11H,2-4,8-10H2,1H3. The zero-order valence-electron chi connectivity index (χ0n) is 10.3. The van der Waals surface area contributed by atoms with Crippen LogP contribution in [0.2, 0.25) is 0 Å². The molecule has 17 heavy (non-hydrogen) atoms. The van der Waals surface area contributed by atoms with Gasteiger partial charge in [-0.1, -0.05) is 18.6 Å². The third-order valence-electron chi connectivity index (χ3n) is 3.30. The van der Waals surface area contributed by atoms with E-state index >= 15 is 0 Å². The zero-order chi connectivity index (χ0) is 12.1. The fourth-order valence-corrected chi connectivity index (χ4v) is 2.43. The van der Waals surface area contributed by atoms with Gasteiger partial charge in [-0.05, 0) is 32.0 Å². The van der Waals surface area contributed by atoms with Crippen LogP contribution in [-0.4, -0.2) is 31.4 Å². The summed E-state index contributed by atoms with van der Waals surface area (Å²) in [5, 5.41) is 0. The van der Waals surface area contributed by atoms with Crippen molar-refractivity contribution >= 4 is 6.29 Å². The lowest BCUT2D eigenvalue weighted by Gasteiger charge is -2.27. The number of hydrogen-bond donors (Lipinski definition) is 0. The first-order valence-electron chi connectivity index (χ1n) is 6.18. The average molecular weight is 233 g/mol. The molecule has 0 amide bonds. The fourth-order valence-electron chi connectivity index (χ4n) is 2.43. The Morgan fingerprint density at radius 2 is 2.06 bits per heavy atom. The highest BCUT2D eigenvalue weighted by atomic mass is 16.5. The molecule has 1 aromatic carbocycles. The van der Waals surface area contributed by atoms with Gasteiger partial charge in [-0.15, -0.1) is 0 Å². The van der Waals surface area contributed by atoms with E-state index in [4.69, 9.17) is 4.74 Å². The first-order valence-corrected chi connectivity index (χ1v) is 6.18. The molecule has 0 bridgehead atoms. The molecule has 1 heterocycles. The number of aldehydes is 1. The molecule has 0 radical (unpaired) electrons. The number of carbonyl (C=O) groups excluding carboxylic acids is 1. The van der Waals surface area contributed by atoms with E-state index in [0.29, 0.717) is 5.56 Å². The maximum absolute atomic E-state index is 10.9. The Labute approximate surface area is 102 Å². The number of piperidine rings is 1. The van der Waals surface area contributed by atoms with Gasteiger partial charge in [-0.2, -0.15) is 0 Å². The van der Waals surface area contributed by atoms with Crippen LogP contribution in [0, 0.1) is 0 Å². The van der Waals surface area contributed by atoms with Gasteiger partial charge in [0.25, 0.3) is 0 Å². The van der Waals surface area contributed by atoms with Crippen LogP contribution >= 0.6 is 0 Å². The minimum Gasteiger partial charge on any atom is -0.496 e. The first-order chi connectivity index (χ1) is 8.35. The predicted octanol–water partition coefficient (Wildman–Crippen LogP) is 2.49. The van der Waals surface area contributed by atoms with Gasteiger partial charge in [-0.25, -0.2) is 0 Å². The molecular weight excluding hydrogens is 214 g/mol. The quantitative estimate of drug-likeness (QED) is 0.748. The molecule has 1 aromatic rings. The third-order valence-corrected chi connectivity index (χ3v) is 3.30. The summed E-state index contributed by atoms with van der Waals surface area (Å²) in [6.07, 6.45) is 4.74. The molecule has 0 aromatic heterocycles. The number of ether oxygens (including phenoxy) is 1. The summed E-state index contributed by atoms with van der Waals surface area (Å²) in [5.74, 6) is 0.730. The van der Waals surface area contributed by atoms with Crippen LogP contribution in [-0.2, 0) is 6.54 Å². The molecule has 0 unspecified atom stereocenters. The fraction of sp³-hybridized carbons (Fsp3) is 0.500. The lowest BCUT2D eigenvalue weighted by Crippen LogP contribution is -2.29. The number of carbonyl (C=O) groups is 1. The summed E-state index contributed by atoms with van der Waals surface area (Å²) in [5.41, 5.74) is 1.75. The van der Waals surface area contributed by atoms with Crippen LogP contribution < -0.4 is 4.74 Å². The van der Waals surface area contributed by atoms with E-state index in [-0.39, 0.29) is 0 Å². The van der Waals surface area contributed by atoms with Crippen molar-refractivity contribution in [1.29, 1.82) is 0 Å². The van der Waals surface area contributed by atoms with Crippen molar-refractivity contribution in [2.24, 2.45) is 0 Å². The second-order valence-corrected chi connectivity index (χ2v) is 4.49. The Hall–Kier alpha value is -1.35. The van der Waals surface area contributed by atoms with Gasteiger partial charge in [0, 0.05) is 12.1 Å².